The van der Waals surface area contributed by atoms with Crippen molar-refractivity contribution < 1.29 is 4.79 Å². The van der Waals surface area contributed by atoms with Crippen molar-refractivity contribution in [1.82, 2.24) is 20.0 Å². The van der Waals surface area contributed by atoms with E-state index in [1.54, 1.807) is 0 Å². The fraction of sp³-hybridized carbons (Fsp3) is 0.375. The lowest BCUT2D eigenvalue weighted by Gasteiger charge is -2.17. The highest BCUT2D eigenvalue weighted by Gasteiger charge is 2.39. The molecule has 0 saturated carbocycles. The zero-order valence-corrected chi connectivity index (χ0v) is 11.8. The van der Waals surface area contributed by atoms with Gasteiger partial charge in [-0.15, -0.1) is 0 Å². The van der Waals surface area contributed by atoms with Gasteiger partial charge in [0.25, 0.3) is 0 Å². The molecule has 0 spiro atoms. The summed E-state index contributed by atoms with van der Waals surface area (Å²) in [7, 11) is 0. The number of fused-ring (bicyclic) bond motifs is 1. The predicted molar refractivity (Wildman–Crippen MR) is 78.9 cm³/mol. The summed E-state index contributed by atoms with van der Waals surface area (Å²) in [6.07, 6.45) is 2.53. The van der Waals surface area contributed by atoms with E-state index in [4.69, 9.17) is 0 Å². The van der Waals surface area contributed by atoms with E-state index in [1.165, 1.54) is 5.69 Å². The molecule has 2 aliphatic heterocycles. The zero-order chi connectivity index (χ0) is 14.2. The van der Waals surface area contributed by atoms with Crippen LogP contribution in [0.5, 0.6) is 0 Å². The Morgan fingerprint density at radius 3 is 2.86 bits per heavy atom. The minimum Gasteiger partial charge on any atom is -0.352 e. The van der Waals surface area contributed by atoms with E-state index >= 15 is 0 Å². The summed E-state index contributed by atoms with van der Waals surface area (Å²) < 4.78 is 1.99. The van der Waals surface area contributed by atoms with E-state index in [2.05, 4.69) is 33.5 Å². The van der Waals surface area contributed by atoms with Crippen molar-refractivity contribution in [3.05, 3.63) is 48.3 Å². The lowest BCUT2D eigenvalue weighted by molar-refractivity contribution is -0.119. The lowest BCUT2D eigenvalue weighted by atomic mass is 10.1. The normalized spacial score (nSPS) is 25.0. The molecule has 1 amide bonds. The number of hydrogen-bond acceptors (Lipinski definition) is 3. The third-order valence-corrected chi connectivity index (χ3v) is 4.42. The zero-order valence-electron chi connectivity index (χ0n) is 11.8. The first kappa shape index (κ1) is 12.6. The monoisotopic (exact) mass is 282 g/mol. The molecule has 5 heteroatoms. The van der Waals surface area contributed by atoms with Crippen molar-refractivity contribution in [2.24, 2.45) is 5.92 Å². The van der Waals surface area contributed by atoms with Crippen LogP contribution >= 0.6 is 0 Å². The van der Waals surface area contributed by atoms with Gasteiger partial charge in [0.15, 0.2) is 0 Å². The summed E-state index contributed by atoms with van der Waals surface area (Å²) in [5, 5.41) is 7.50. The molecule has 4 rings (SSSR count). The number of carbonyl (C=O) groups is 1. The number of rotatable bonds is 3. The maximum Gasteiger partial charge on any atom is 0.220 e. The van der Waals surface area contributed by atoms with Crippen molar-refractivity contribution in [2.75, 3.05) is 13.1 Å². The van der Waals surface area contributed by atoms with Crippen LogP contribution in [0.1, 0.15) is 12.1 Å². The summed E-state index contributed by atoms with van der Waals surface area (Å²) in [6, 6.07) is 12.6. The Kier molecular flexibility index (Phi) is 3.00. The Balaban J connectivity index is 1.50. The first-order chi connectivity index (χ1) is 10.3. The molecule has 21 heavy (non-hydrogen) atoms. The van der Waals surface area contributed by atoms with Crippen LogP contribution in [0.2, 0.25) is 0 Å². The number of carbonyl (C=O) groups excluding carboxylic acids is 1. The second-order valence-electron chi connectivity index (χ2n) is 5.90. The Hall–Kier alpha value is -2.14. The Morgan fingerprint density at radius 2 is 2.05 bits per heavy atom. The fourth-order valence-corrected chi connectivity index (χ4v) is 3.45. The average molecular weight is 282 g/mol. The molecule has 0 bridgehead atoms. The van der Waals surface area contributed by atoms with Crippen LogP contribution in [-0.2, 0) is 11.3 Å². The highest BCUT2D eigenvalue weighted by atomic mass is 16.2. The van der Waals surface area contributed by atoms with Gasteiger partial charge in [0.05, 0.1) is 11.4 Å². The first-order valence-corrected chi connectivity index (χ1v) is 7.39. The maximum absolute atomic E-state index is 11.4. The number of para-hydroxylation sites is 1. The van der Waals surface area contributed by atoms with Crippen molar-refractivity contribution in [3.8, 4) is 5.69 Å². The average Bonchev–Trinajstić information content (AvgIpc) is 3.15. The lowest BCUT2D eigenvalue weighted by Crippen LogP contribution is -2.32. The number of benzene rings is 1. The van der Waals surface area contributed by atoms with Crippen LogP contribution in [0.3, 0.4) is 0 Å². The molecule has 5 nitrogen and oxygen atoms in total. The van der Waals surface area contributed by atoms with Crippen molar-refractivity contribution in [1.29, 1.82) is 0 Å². The second-order valence-corrected chi connectivity index (χ2v) is 5.90. The molecule has 108 valence electrons. The molecular formula is C16H18N4O. The van der Waals surface area contributed by atoms with Crippen LogP contribution in [0, 0.1) is 5.92 Å². The van der Waals surface area contributed by atoms with Gasteiger partial charge in [0, 0.05) is 44.2 Å². The molecule has 1 N–H and O–H groups in total. The number of hydrogen-bond donors (Lipinski definition) is 1. The SMILES string of the molecule is O=C1C[C@H]2CN(Cc3ccnn3-c3ccccc3)C[C@H]2N1. The Bertz CT molecular complexity index is 635. The van der Waals surface area contributed by atoms with Crippen LogP contribution in [0.4, 0.5) is 0 Å². The van der Waals surface area contributed by atoms with Crippen molar-refractivity contribution in [3.63, 3.8) is 0 Å². The van der Waals surface area contributed by atoms with Gasteiger partial charge in [-0.3, -0.25) is 9.69 Å². The Labute approximate surface area is 123 Å². The van der Waals surface area contributed by atoms with Gasteiger partial charge < -0.3 is 5.32 Å². The summed E-state index contributed by atoms with van der Waals surface area (Å²) in [6.45, 7) is 2.80. The minimum absolute atomic E-state index is 0.207. The quantitative estimate of drug-likeness (QED) is 0.920. The molecule has 2 aromatic rings. The van der Waals surface area contributed by atoms with Gasteiger partial charge in [-0.2, -0.15) is 5.10 Å². The summed E-state index contributed by atoms with van der Waals surface area (Å²) in [5.74, 6) is 0.685. The Morgan fingerprint density at radius 1 is 1.19 bits per heavy atom. The second kappa shape index (κ2) is 5.00. The molecule has 2 fully saturated rings. The van der Waals surface area contributed by atoms with Crippen molar-refractivity contribution in [2.45, 2.75) is 19.0 Å². The molecule has 2 atom stereocenters. The van der Waals surface area contributed by atoms with E-state index < -0.39 is 0 Å². The first-order valence-electron chi connectivity index (χ1n) is 7.39. The number of likely N-dealkylation sites (tertiary alicyclic amines) is 1. The van der Waals surface area contributed by atoms with Gasteiger partial charge in [-0.1, -0.05) is 18.2 Å². The van der Waals surface area contributed by atoms with Gasteiger partial charge >= 0.3 is 0 Å². The molecule has 3 heterocycles. The van der Waals surface area contributed by atoms with Gasteiger partial charge in [-0.05, 0) is 18.2 Å². The standard InChI is InChI=1S/C16H18N4O/c21-16-8-12-9-19(11-15(12)18-16)10-14-6-7-17-20(14)13-4-2-1-3-5-13/h1-7,12,15H,8-11H2,(H,18,21)/t12-,15+/m0/s1. The van der Waals surface area contributed by atoms with Crippen LogP contribution in [-0.4, -0.2) is 39.7 Å². The van der Waals surface area contributed by atoms with E-state index in [0.717, 1.165) is 25.3 Å². The number of nitrogens with one attached hydrogen (secondary N) is 1. The number of amides is 1. The van der Waals surface area contributed by atoms with Gasteiger partial charge in [-0.25, -0.2) is 4.68 Å². The van der Waals surface area contributed by atoms with Gasteiger partial charge in [0.1, 0.15) is 0 Å². The third kappa shape index (κ3) is 2.34. The van der Waals surface area contributed by atoms with Gasteiger partial charge in [0.2, 0.25) is 5.91 Å². The largest absolute Gasteiger partial charge is 0.352 e. The predicted octanol–water partition coefficient (Wildman–Crippen LogP) is 1.19. The molecule has 0 radical (unpaired) electrons. The number of nitrogens with zero attached hydrogens (tertiary/aromatic N) is 3. The highest BCUT2D eigenvalue weighted by Crippen LogP contribution is 2.26. The third-order valence-electron chi connectivity index (χ3n) is 4.42. The van der Waals surface area contributed by atoms with E-state index in [0.29, 0.717) is 18.4 Å². The summed E-state index contributed by atoms with van der Waals surface area (Å²) in [4.78, 5) is 13.8. The minimum atomic E-state index is 0.207. The van der Waals surface area contributed by atoms with Crippen LogP contribution < -0.4 is 5.32 Å². The molecule has 2 aliphatic rings. The van der Waals surface area contributed by atoms with E-state index in [9.17, 15) is 4.79 Å². The summed E-state index contributed by atoms with van der Waals surface area (Å²) in [5.41, 5.74) is 2.28. The summed E-state index contributed by atoms with van der Waals surface area (Å²) >= 11 is 0. The number of aromatic nitrogens is 2. The molecule has 1 aromatic carbocycles. The molecule has 1 aromatic heterocycles. The van der Waals surface area contributed by atoms with E-state index in [-0.39, 0.29) is 5.91 Å². The maximum atomic E-state index is 11.4. The van der Waals surface area contributed by atoms with Crippen LogP contribution in [0.25, 0.3) is 5.69 Å². The highest BCUT2D eigenvalue weighted by molar-refractivity contribution is 5.79. The molecule has 0 unspecified atom stereocenters. The topological polar surface area (TPSA) is 50.2 Å². The van der Waals surface area contributed by atoms with Crippen LogP contribution in [0.15, 0.2) is 42.6 Å². The van der Waals surface area contributed by atoms with Crippen molar-refractivity contribution >= 4 is 5.91 Å². The molecule has 0 aliphatic carbocycles. The molecular weight excluding hydrogens is 264 g/mol. The smallest absolute Gasteiger partial charge is 0.220 e. The van der Waals surface area contributed by atoms with E-state index in [1.807, 2.05) is 29.1 Å². The molecule has 2 saturated heterocycles. The fourth-order valence-electron chi connectivity index (χ4n) is 3.45.